The number of hydrogen-bond donors (Lipinski definition) is 1. The van der Waals surface area contributed by atoms with Gasteiger partial charge in [0.25, 0.3) is 5.95 Å². The fourth-order valence-corrected chi connectivity index (χ4v) is 1.90. The molecule has 82 valence electrons. The third kappa shape index (κ3) is 2.10. The Labute approximate surface area is 101 Å². The van der Waals surface area contributed by atoms with E-state index < -0.39 is 11.7 Å². The average Bonchev–Trinajstić information content (AvgIpc) is 2.20. The third-order valence-corrected chi connectivity index (χ3v) is 2.49. The van der Waals surface area contributed by atoms with Crippen molar-refractivity contribution in [2.75, 3.05) is 0 Å². The zero-order chi connectivity index (χ0) is 11.7. The molecule has 1 heterocycles. The summed E-state index contributed by atoms with van der Waals surface area (Å²) in [6, 6.07) is 6.21. The van der Waals surface area contributed by atoms with Crippen molar-refractivity contribution in [2.24, 2.45) is 0 Å². The van der Waals surface area contributed by atoms with Gasteiger partial charge in [0.1, 0.15) is 0 Å². The summed E-state index contributed by atoms with van der Waals surface area (Å²) in [5, 5.41) is 10.3. The second kappa shape index (κ2) is 4.28. The molecule has 0 saturated carbocycles. The maximum Gasteiger partial charge on any atom is 0.255 e. The first-order valence-corrected chi connectivity index (χ1v) is 5.13. The number of rotatable bonds is 1. The maximum absolute atomic E-state index is 13.0. The first-order valence-electron chi connectivity index (χ1n) is 4.38. The van der Waals surface area contributed by atoms with Crippen LogP contribution in [0.5, 0.6) is 5.75 Å². The van der Waals surface area contributed by atoms with Gasteiger partial charge in [-0.2, -0.15) is 4.39 Å². The minimum atomic E-state index is -0.923. The smallest absolute Gasteiger partial charge is 0.255 e. The fourth-order valence-electron chi connectivity index (χ4n) is 1.37. The van der Waals surface area contributed by atoms with Crippen LogP contribution in [-0.4, -0.2) is 10.1 Å². The predicted octanol–water partition coefficient (Wildman–Crippen LogP) is 3.90. The molecule has 0 spiro atoms. The second-order valence-electron chi connectivity index (χ2n) is 3.16. The summed E-state index contributed by atoms with van der Waals surface area (Å²) in [6.45, 7) is 0. The van der Waals surface area contributed by atoms with Gasteiger partial charge >= 0.3 is 0 Å². The van der Waals surface area contributed by atoms with Crippen LogP contribution >= 0.6 is 23.2 Å². The Morgan fingerprint density at radius 1 is 1.12 bits per heavy atom. The van der Waals surface area contributed by atoms with Crippen LogP contribution in [-0.2, 0) is 0 Å². The van der Waals surface area contributed by atoms with E-state index in [0.29, 0.717) is 21.2 Å². The van der Waals surface area contributed by atoms with E-state index in [4.69, 9.17) is 23.2 Å². The topological polar surface area (TPSA) is 33.1 Å². The Morgan fingerprint density at radius 2 is 1.75 bits per heavy atom. The van der Waals surface area contributed by atoms with Crippen molar-refractivity contribution in [2.45, 2.75) is 0 Å². The predicted molar refractivity (Wildman–Crippen MR) is 61.3 cm³/mol. The van der Waals surface area contributed by atoms with Crippen LogP contribution in [0.1, 0.15) is 0 Å². The summed E-state index contributed by atoms with van der Waals surface area (Å²) in [5.74, 6) is -1.44. The minimum absolute atomic E-state index is 0.303. The van der Waals surface area contributed by atoms with Gasteiger partial charge in [-0.15, -0.1) is 0 Å². The van der Waals surface area contributed by atoms with Crippen molar-refractivity contribution in [3.63, 3.8) is 0 Å². The molecule has 1 N–H and O–H groups in total. The van der Waals surface area contributed by atoms with Crippen LogP contribution in [0.15, 0.2) is 30.5 Å². The summed E-state index contributed by atoms with van der Waals surface area (Å²) in [6.07, 6.45) is 1.26. The lowest BCUT2D eigenvalue weighted by molar-refractivity contribution is 0.421. The molecule has 0 radical (unpaired) electrons. The van der Waals surface area contributed by atoms with Crippen molar-refractivity contribution in [1.82, 2.24) is 4.98 Å². The normalized spacial score (nSPS) is 10.4. The highest BCUT2D eigenvalue weighted by Gasteiger charge is 2.10. The standard InChI is InChI=1S/C11H6Cl2FNO/c12-7-3-6(4-8(13)5-7)9-1-2-15-11(14)10(9)16/h1-5,16H. The molecule has 5 heteroatoms. The van der Waals surface area contributed by atoms with E-state index in [9.17, 15) is 9.50 Å². The van der Waals surface area contributed by atoms with E-state index in [1.807, 2.05) is 0 Å². The Bertz CT molecular complexity index is 525. The van der Waals surface area contributed by atoms with Gasteiger partial charge < -0.3 is 5.11 Å². The quantitative estimate of drug-likeness (QED) is 0.787. The van der Waals surface area contributed by atoms with Crippen molar-refractivity contribution in [3.8, 4) is 16.9 Å². The summed E-state index contributed by atoms with van der Waals surface area (Å²) in [4.78, 5) is 3.33. The van der Waals surface area contributed by atoms with Crippen molar-refractivity contribution < 1.29 is 9.50 Å². The highest BCUT2D eigenvalue weighted by Crippen LogP contribution is 2.33. The minimum Gasteiger partial charge on any atom is -0.503 e. The Balaban J connectivity index is 2.63. The lowest BCUT2D eigenvalue weighted by atomic mass is 10.1. The van der Waals surface area contributed by atoms with E-state index in [2.05, 4.69) is 4.98 Å². The molecule has 0 fully saturated rings. The summed E-state index contributed by atoms with van der Waals surface area (Å²) in [5.41, 5.74) is 0.841. The Morgan fingerprint density at radius 3 is 2.38 bits per heavy atom. The summed E-state index contributed by atoms with van der Waals surface area (Å²) in [7, 11) is 0. The molecule has 0 saturated heterocycles. The molecule has 2 rings (SSSR count). The van der Waals surface area contributed by atoms with Gasteiger partial charge in [-0.05, 0) is 29.8 Å². The van der Waals surface area contributed by atoms with Crippen LogP contribution in [0.4, 0.5) is 4.39 Å². The molecule has 0 unspecified atom stereocenters. The van der Waals surface area contributed by atoms with Crippen molar-refractivity contribution in [3.05, 3.63) is 46.5 Å². The van der Waals surface area contributed by atoms with Gasteiger partial charge in [-0.25, -0.2) is 4.98 Å². The SMILES string of the molecule is Oc1c(-c2cc(Cl)cc(Cl)c2)ccnc1F. The second-order valence-corrected chi connectivity index (χ2v) is 4.03. The van der Waals surface area contributed by atoms with Crippen molar-refractivity contribution in [1.29, 1.82) is 0 Å². The summed E-state index contributed by atoms with van der Waals surface area (Å²) < 4.78 is 13.0. The van der Waals surface area contributed by atoms with Gasteiger partial charge in [-0.1, -0.05) is 23.2 Å². The highest BCUT2D eigenvalue weighted by atomic mass is 35.5. The molecular formula is C11H6Cl2FNO. The molecule has 2 aromatic rings. The van der Waals surface area contributed by atoms with Gasteiger partial charge in [0.2, 0.25) is 0 Å². The lowest BCUT2D eigenvalue weighted by Gasteiger charge is -2.05. The first kappa shape index (κ1) is 11.2. The Kier molecular flexibility index (Phi) is 2.99. The van der Waals surface area contributed by atoms with Crippen LogP contribution in [0.25, 0.3) is 11.1 Å². The van der Waals surface area contributed by atoms with E-state index in [0.717, 1.165) is 0 Å². The van der Waals surface area contributed by atoms with E-state index in [-0.39, 0.29) is 0 Å². The number of halogens is 3. The molecule has 0 atom stereocenters. The largest absolute Gasteiger partial charge is 0.503 e. The van der Waals surface area contributed by atoms with E-state index in [1.54, 1.807) is 18.2 Å². The molecule has 2 nitrogen and oxygen atoms in total. The number of nitrogens with zero attached hydrogens (tertiary/aromatic N) is 1. The maximum atomic E-state index is 13.0. The molecule has 0 aliphatic rings. The number of aromatic nitrogens is 1. The number of pyridine rings is 1. The monoisotopic (exact) mass is 257 g/mol. The zero-order valence-electron chi connectivity index (χ0n) is 7.92. The number of aromatic hydroxyl groups is 1. The molecule has 16 heavy (non-hydrogen) atoms. The molecule has 0 bridgehead atoms. The first-order chi connectivity index (χ1) is 7.58. The van der Waals surface area contributed by atoms with E-state index in [1.165, 1.54) is 12.3 Å². The van der Waals surface area contributed by atoms with Crippen LogP contribution < -0.4 is 0 Å². The third-order valence-electron chi connectivity index (χ3n) is 2.05. The van der Waals surface area contributed by atoms with Crippen LogP contribution in [0.3, 0.4) is 0 Å². The summed E-state index contributed by atoms with van der Waals surface area (Å²) >= 11 is 11.6. The van der Waals surface area contributed by atoms with Crippen LogP contribution in [0, 0.1) is 5.95 Å². The van der Waals surface area contributed by atoms with Crippen molar-refractivity contribution >= 4 is 23.2 Å². The molecular weight excluding hydrogens is 252 g/mol. The van der Waals surface area contributed by atoms with Gasteiger partial charge in [0.05, 0.1) is 0 Å². The zero-order valence-corrected chi connectivity index (χ0v) is 9.43. The number of hydrogen-bond acceptors (Lipinski definition) is 2. The van der Waals surface area contributed by atoms with Gasteiger partial charge in [0.15, 0.2) is 5.75 Å². The average molecular weight is 258 g/mol. The molecule has 0 amide bonds. The van der Waals surface area contributed by atoms with Gasteiger partial charge in [0, 0.05) is 21.8 Å². The van der Waals surface area contributed by atoms with Crippen LogP contribution in [0.2, 0.25) is 10.0 Å². The van der Waals surface area contributed by atoms with E-state index >= 15 is 0 Å². The lowest BCUT2D eigenvalue weighted by Crippen LogP contribution is -1.87. The Hall–Kier alpha value is -1.32. The van der Waals surface area contributed by atoms with Gasteiger partial charge in [-0.3, -0.25) is 0 Å². The molecule has 0 aliphatic carbocycles. The molecule has 1 aromatic heterocycles. The molecule has 0 aliphatic heterocycles. The molecule has 1 aromatic carbocycles. The fraction of sp³-hybridized carbons (Fsp3) is 0. The number of benzene rings is 1. The highest BCUT2D eigenvalue weighted by molar-refractivity contribution is 6.35.